The molecule has 0 radical (unpaired) electrons. The van der Waals surface area contributed by atoms with Crippen LogP contribution in [0.3, 0.4) is 0 Å². The van der Waals surface area contributed by atoms with E-state index < -0.39 is 36.2 Å². The Hall–Kier alpha value is -0.730. The maximum Gasteiger partial charge on any atom is 0.306 e. The van der Waals surface area contributed by atoms with Crippen molar-refractivity contribution in [3.05, 3.63) is 0 Å². The van der Waals surface area contributed by atoms with Crippen LogP contribution in [0.4, 0.5) is 0 Å². The zero-order valence-electron chi connectivity index (χ0n) is 14.4. The van der Waals surface area contributed by atoms with Gasteiger partial charge in [0, 0.05) is 6.42 Å². The second kappa shape index (κ2) is 5.97. The zero-order chi connectivity index (χ0) is 16.8. The fourth-order valence-corrected chi connectivity index (χ4v) is 3.23. The van der Waals surface area contributed by atoms with Crippen LogP contribution in [-0.4, -0.2) is 54.9 Å². The highest BCUT2D eigenvalue weighted by atomic mass is 16.8. The summed E-state index contributed by atoms with van der Waals surface area (Å²) >= 11 is 0. The minimum atomic E-state index is -0.762. The van der Waals surface area contributed by atoms with Gasteiger partial charge in [-0.1, -0.05) is 6.92 Å². The number of hydrogen-bond donors (Lipinski definition) is 0. The summed E-state index contributed by atoms with van der Waals surface area (Å²) in [5.41, 5.74) is 0. The first kappa shape index (κ1) is 17.1. The van der Waals surface area contributed by atoms with E-state index in [1.807, 2.05) is 34.6 Å². The van der Waals surface area contributed by atoms with E-state index >= 15 is 0 Å². The van der Waals surface area contributed by atoms with Crippen molar-refractivity contribution >= 4 is 5.97 Å². The molecule has 3 heterocycles. The summed E-state index contributed by atoms with van der Waals surface area (Å²) in [4.78, 5) is 12.0. The Bertz CT molecular complexity index is 461. The van der Waals surface area contributed by atoms with Crippen molar-refractivity contribution in [3.8, 4) is 0 Å². The normalized spacial score (nSPS) is 41.0. The number of ether oxygens (including phenoxy) is 6. The number of esters is 1. The molecule has 23 heavy (non-hydrogen) atoms. The molecular formula is C16H26O7. The average molecular weight is 330 g/mol. The van der Waals surface area contributed by atoms with Crippen molar-refractivity contribution in [3.63, 3.8) is 0 Å². The lowest BCUT2D eigenvalue weighted by Gasteiger charge is -2.28. The third kappa shape index (κ3) is 3.53. The van der Waals surface area contributed by atoms with Crippen molar-refractivity contribution in [1.29, 1.82) is 0 Å². The van der Waals surface area contributed by atoms with Crippen LogP contribution in [0, 0.1) is 0 Å². The van der Waals surface area contributed by atoms with Crippen LogP contribution in [0.2, 0.25) is 0 Å². The standard InChI is InChI=1S/C16H26O7/c1-6-7-10(17)19-12-11(9-8-18-15(2,3)21-9)20-14-13(12)22-16(4,5)23-14/h9,11-14H,6-8H2,1-5H3/t9-,11-,12+,13+,14-/m0/s1. The van der Waals surface area contributed by atoms with Gasteiger partial charge in [-0.05, 0) is 34.1 Å². The monoisotopic (exact) mass is 330 g/mol. The van der Waals surface area contributed by atoms with E-state index in [1.54, 1.807) is 0 Å². The number of hydrogen-bond acceptors (Lipinski definition) is 7. The predicted molar refractivity (Wildman–Crippen MR) is 78.4 cm³/mol. The highest BCUT2D eigenvalue weighted by Crippen LogP contribution is 2.42. The molecule has 3 rings (SSSR count). The molecule has 0 unspecified atom stereocenters. The van der Waals surface area contributed by atoms with Crippen molar-refractivity contribution in [2.75, 3.05) is 6.61 Å². The smallest absolute Gasteiger partial charge is 0.306 e. The summed E-state index contributed by atoms with van der Waals surface area (Å²) in [7, 11) is 0. The Morgan fingerprint density at radius 3 is 2.43 bits per heavy atom. The van der Waals surface area contributed by atoms with Gasteiger partial charge in [-0.25, -0.2) is 0 Å². The molecule has 0 bridgehead atoms. The third-order valence-corrected chi connectivity index (χ3v) is 4.15. The van der Waals surface area contributed by atoms with Gasteiger partial charge in [-0.15, -0.1) is 0 Å². The Morgan fingerprint density at radius 1 is 1.09 bits per heavy atom. The molecule has 0 aromatic heterocycles. The van der Waals surface area contributed by atoms with Crippen molar-refractivity contribution in [2.24, 2.45) is 0 Å². The molecule has 7 nitrogen and oxygen atoms in total. The largest absolute Gasteiger partial charge is 0.456 e. The first-order chi connectivity index (χ1) is 10.7. The zero-order valence-corrected chi connectivity index (χ0v) is 14.4. The second-order valence-corrected chi connectivity index (χ2v) is 7.14. The van der Waals surface area contributed by atoms with Gasteiger partial charge in [0.2, 0.25) is 0 Å². The van der Waals surface area contributed by atoms with Crippen LogP contribution < -0.4 is 0 Å². The summed E-state index contributed by atoms with van der Waals surface area (Å²) in [6.45, 7) is 9.62. The Kier molecular flexibility index (Phi) is 4.44. The Morgan fingerprint density at radius 2 is 1.83 bits per heavy atom. The molecule has 0 spiro atoms. The van der Waals surface area contributed by atoms with Crippen LogP contribution in [-0.2, 0) is 33.2 Å². The molecule has 5 atom stereocenters. The van der Waals surface area contributed by atoms with E-state index in [0.717, 1.165) is 6.42 Å². The van der Waals surface area contributed by atoms with Gasteiger partial charge in [-0.2, -0.15) is 0 Å². The lowest BCUT2D eigenvalue weighted by Crippen LogP contribution is -2.45. The average Bonchev–Trinajstić information content (AvgIpc) is 3.01. The van der Waals surface area contributed by atoms with Gasteiger partial charge < -0.3 is 28.4 Å². The van der Waals surface area contributed by atoms with Gasteiger partial charge in [0.25, 0.3) is 0 Å². The SMILES string of the molecule is CCCC(=O)O[C@@H]1[C@H]([C@@H]2COC(C)(C)O2)O[C@H]2OC(C)(C)O[C@@H]21. The van der Waals surface area contributed by atoms with Gasteiger partial charge in [-0.3, -0.25) is 4.79 Å². The Labute approximate surface area is 136 Å². The fourth-order valence-electron chi connectivity index (χ4n) is 3.23. The van der Waals surface area contributed by atoms with E-state index in [0.29, 0.717) is 13.0 Å². The highest BCUT2D eigenvalue weighted by Gasteiger charge is 2.59. The number of rotatable bonds is 4. The molecule has 0 N–H and O–H groups in total. The third-order valence-electron chi connectivity index (χ3n) is 4.15. The lowest BCUT2D eigenvalue weighted by molar-refractivity contribution is -0.235. The molecule has 132 valence electrons. The van der Waals surface area contributed by atoms with Crippen LogP contribution in [0.25, 0.3) is 0 Å². The van der Waals surface area contributed by atoms with E-state index in [-0.39, 0.29) is 12.1 Å². The topological polar surface area (TPSA) is 72.5 Å². The molecule has 0 aromatic rings. The summed E-state index contributed by atoms with van der Waals surface area (Å²) in [6.07, 6.45) is -1.30. The molecule has 0 amide bonds. The molecule has 0 saturated carbocycles. The molecule has 3 aliphatic rings. The van der Waals surface area contributed by atoms with Crippen LogP contribution >= 0.6 is 0 Å². The highest BCUT2D eigenvalue weighted by molar-refractivity contribution is 5.69. The minimum absolute atomic E-state index is 0.266. The minimum Gasteiger partial charge on any atom is -0.456 e. The van der Waals surface area contributed by atoms with Crippen molar-refractivity contribution in [1.82, 2.24) is 0 Å². The summed E-state index contributed by atoms with van der Waals surface area (Å²) in [5, 5.41) is 0. The maximum atomic E-state index is 12.0. The summed E-state index contributed by atoms with van der Waals surface area (Å²) in [5.74, 6) is -1.70. The summed E-state index contributed by atoms with van der Waals surface area (Å²) in [6, 6.07) is 0. The van der Waals surface area contributed by atoms with Gasteiger partial charge in [0.05, 0.1) is 6.61 Å². The van der Waals surface area contributed by atoms with Crippen molar-refractivity contribution in [2.45, 2.75) is 89.7 Å². The molecule has 3 aliphatic heterocycles. The van der Waals surface area contributed by atoms with Crippen LogP contribution in [0.15, 0.2) is 0 Å². The number of carbonyl (C=O) groups is 1. The molecule has 7 heteroatoms. The molecule has 3 fully saturated rings. The molecule has 0 aromatic carbocycles. The fraction of sp³-hybridized carbons (Fsp3) is 0.938. The van der Waals surface area contributed by atoms with Crippen LogP contribution in [0.5, 0.6) is 0 Å². The van der Waals surface area contributed by atoms with Gasteiger partial charge >= 0.3 is 5.97 Å². The first-order valence-corrected chi connectivity index (χ1v) is 8.23. The van der Waals surface area contributed by atoms with E-state index in [9.17, 15) is 4.79 Å². The molecular weight excluding hydrogens is 304 g/mol. The lowest BCUT2D eigenvalue weighted by atomic mass is 10.1. The van der Waals surface area contributed by atoms with Gasteiger partial charge in [0.15, 0.2) is 30.1 Å². The first-order valence-electron chi connectivity index (χ1n) is 8.23. The second-order valence-electron chi connectivity index (χ2n) is 7.14. The molecule has 3 saturated heterocycles. The number of fused-ring (bicyclic) bond motifs is 1. The van der Waals surface area contributed by atoms with E-state index in [1.165, 1.54) is 0 Å². The van der Waals surface area contributed by atoms with Crippen molar-refractivity contribution < 1.29 is 33.2 Å². The van der Waals surface area contributed by atoms with Crippen LogP contribution in [0.1, 0.15) is 47.5 Å². The quantitative estimate of drug-likeness (QED) is 0.727. The Balaban J connectivity index is 1.75. The number of carbonyl (C=O) groups excluding carboxylic acids is 1. The predicted octanol–water partition coefficient (Wildman–Crippen LogP) is 1.73. The maximum absolute atomic E-state index is 12.0. The molecule has 0 aliphatic carbocycles. The summed E-state index contributed by atoms with van der Waals surface area (Å²) < 4.78 is 34.7. The van der Waals surface area contributed by atoms with E-state index in [4.69, 9.17) is 28.4 Å². The van der Waals surface area contributed by atoms with E-state index in [2.05, 4.69) is 0 Å². The van der Waals surface area contributed by atoms with Gasteiger partial charge in [0.1, 0.15) is 12.2 Å².